The molecule has 4 nitrogen and oxygen atoms in total. The molecule has 4 heteroatoms. The van der Waals surface area contributed by atoms with E-state index in [2.05, 4.69) is 0 Å². The topological polar surface area (TPSA) is 55.8 Å². The molecule has 1 heterocycles. The number of methoxy groups -OCH3 is 1. The van der Waals surface area contributed by atoms with E-state index < -0.39 is 11.4 Å². The lowest BCUT2D eigenvalue weighted by atomic mass is 9.76. The molecule has 19 heavy (non-hydrogen) atoms. The number of fused-ring (bicyclic) bond motifs is 1. The summed E-state index contributed by atoms with van der Waals surface area (Å²) in [4.78, 5) is 11.6. The van der Waals surface area contributed by atoms with Gasteiger partial charge in [0, 0.05) is 13.7 Å². The van der Waals surface area contributed by atoms with Crippen LogP contribution in [0.5, 0.6) is 5.75 Å². The van der Waals surface area contributed by atoms with E-state index >= 15 is 0 Å². The largest absolute Gasteiger partial charge is 0.492 e. The molecule has 1 unspecified atom stereocenters. The molecule has 1 aliphatic heterocycles. The van der Waals surface area contributed by atoms with E-state index in [4.69, 9.17) is 9.47 Å². The minimum absolute atomic E-state index is 0.256. The number of benzene rings is 1. The van der Waals surface area contributed by atoms with Gasteiger partial charge in [0.05, 0.1) is 0 Å². The lowest BCUT2D eigenvalue weighted by Gasteiger charge is -2.34. The predicted molar refractivity (Wildman–Crippen MR) is 71.4 cm³/mol. The van der Waals surface area contributed by atoms with E-state index in [9.17, 15) is 9.90 Å². The highest BCUT2D eigenvalue weighted by molar-refractivity contribution is 5.76. The molecule has 1 atom stereocenters. The quantitative estimate of drug-likeness (QED) is 0.802. The number of ether oxygens (including phenoxy) is 2. The van der Waals surface area contributed by atoms with Crippen molar-refractivity contribution < 1.29 is 19.4 Å². The van der Waals surface area contributed by atoms with E-state index in [0.29, 0.717) is 19.4 Å². The van der Waals surface area contributed by atoms with Crippen molar-refractivity contribution in [2.75, 3.05) is 20.3 Å². The van der Waals surface area contributed by atoms with Crippen LogP contribution in [0.25, 0.3) is 0 Å². The smallest absolute Gasteiger partial charge is 0.313 e. The van der Waals surface area contributed by atoms with Crippen LogP contribution in [0.4, 0.5) is 0 Å². The van der Waals surface area contributed by atoms with Gasteiger partial charge in [-0.15, -0.1) is 0 Å². The maximum atomic E-state index is 11.6. The number of unbranched alkanes of at least 4 members (excludes halogenated alkanes) is 1. The molecule has 0 radical (unpaired) electrons. The first kappa shape index (κ1) is 13.9. The number of rotatable bonds is 6. The molecule has 0 amide bonds. The zero-order chi connectivity index (χ0) is 13.7. The molecular weight excluding hydrogens is 244 g/mol. The van der Waals surface area contributed by atoms with Gasteiger partial charge in [-0.2, -0.15) is 0 Å². The fraction of sp³-hybridized carbons (Fsp3) is 0.533. The van der Waals surface area contributed by atoms with Crippen LogP contribution in [-0.2, 0) is 16.0 Å². The third-order valence-corrected chi connectivity index (χ3v) is 3.71. The Hall–Kier alpha value is -1.55. The van der Waals surface area contributed by atoms with E-state index in [-0.39, 0.29) is 6.61 Å². The summed E-state index contributed by atoms with van der Waals surface area (Å²) >= 11 is 0. The Morgan fingerprint density at radius 1 is 1.42 bits per heavy atom. The second kappa shape index (κ2) is 6.06. The zero-order valence-corrected chi connectivity index (χ0v) is 11.2. The number of carboxylic acid groups (broad SMARTS) is 1. The molecule has 0 aliphatic carbocycles. The average Bonchev–Trinajstić information content (AvgIpc) is 2.43. The Kier molecular flexibility index (Phi) is 4.43. The summed E-state index contributed by atoms with van der Waals surface area (Å²) in [6.45, 7) is 0.930. The van der Waals surface area contributed by atoms with Crippen LogP contribution >= 0.6 is 0 Å². The Balaban J connectivity index is 2.08. The summed E-state index contributed by atoms with van der Waals surface area (Å²) in [6, 6.07) is 7.67. The molecule has 1 aromatic rings. The molecule has 0 bridgehead atoms. The summed E-state index contributed by atoms with van der Waals surface area (Å²) in [5.41, 5.74) is 0.199. The van der Waals surface area contributed by atoms with Gasteiger partial charge in [0.2, 0.25) is 0 Å². The second-order valence-corrected chi connectivity index (χ2v) is 5.11. The van der Waals surface area contributed by atoms with Gasteiger partial charge >= 0.3 is 5.97 Å². The molecule has 2 rings (SSSR count). The number of hydrogen-bond acceptors (Lipinski definition) is 3. The van der Waals surface area contributed by atoms with Crippen molar-refractivity contribution in [3.8, 4) is 5.75 Å². The van der Waals surface area contributed by atoms with Gasteiger partial charge in [0.1, 0.15) is 17.8 Å². The maximum Gasteiger partial charge on any atom is 0.313 e. The lowest BCUT2D eigenvalue weighted by Crippen LogP contribution is -2.42. The number of para-hydroxylation sites is 1. The van der Waals surface area contributed by atoms with Crippen LogP contribution in [0.15, 0.2) is 24.3 Å². The van der Waals surface area contributed by atoms with E-state index in [1.165, 1.54) is 0 Å². The van der Waals surface area contributed by atoms with Crippen LogP contribution in [0.2, 0.25) is 0 Å². The summed E-state index contributed by atoms with van der Waals surface area (Å²) in [5, 5.41) is 9.56. The molecule has 1 N–H and O–H groups in total. The highest BCUT2D eigenvalue weighted by Crippen LogP contribution is 2.38. The molecule has 1 aromatic carbocycles. The number of aliphatic carboxylic acids is 1. The normalized spacial score (nSPS) is 21.5. The number of carbonyl (C=O) groups is 1. The van der Waals surface area contributed by atoms with Gasteiger partial charge in [-0.25, -0.2) is 0 Å². The first-order valence-electron chi connectivity index (χ1n) is 6.61. The van der Waals surface area contributed by atoms with Crippen molar-refractivity contribution in [1.82, 2.24) is 0 Å². The number of hydrogen-bond donors (Lipinski definition) is 1. The SMILES string of the molecule is COCCCCC1(C(=O)O)COc2ccccc2C1. The van der Waals surface area contributed by atoms with Gasteiger partial charge in [-0.3, -0.25) is 4.79 Å². The minimum Gasteiger partial charge on any atom is -0.492 e. The van der Waals surface area contributed by atoms with Gasteiger partial charge in [0.15, 0.2) is 0 Å². The van der Waals surface area contributed by atoms with Crippen LogP contribution in [0.3, 0.4) is 0 Å². The second-order valence-electron chi connectivity index (χ2n) is 5.11. The van der Waals surface area contributed by atoms with Gasteiger partial charge < -0.3 is 14.6 Å². The zero-order valence-electron chi connectivity index (χ0n) is 11.2. The van der Waals surface area contributed by atoms with Crippen LogP contribution in [0.1, 0.15) is 24.8 Å². The van der Waals surface area contributed by atoms with Gasteiger partial charge in [-0.1, -0.05) is 18.2 Å². The van der Waals surface area contributed by atoms with Gasteiger partial charge in [-0.05, 0) is 37.3 Å². The monoisotopic (exact) mass is 264 g/mol. The van der Waals surface area contributed by atoms with E-state index in [1.54, 1.807) is 7.11 Å². The Labute approximate surface area is 113 Å². The van der Waals surface area contributed by atoms with Gasteiger partial charge in [0.25, 0.3) is 0 Å². The van der Waals surface area contributed by atoms with E-state index in [0.717, 1.165) is 24.2 Å². The van der Waals surface area contributed by atoms with Crippen molar-refractivity contribution in [1.29, 1.82) is 0 Å². The van der Waals surface area contributed by atoms with Crippen molar-refractivity contribution >= 4 is 5.97 Å². The molecule has 1 aliphatic rings. The third-order valence-electron chi connectivity index (χ3n) is 3.71. The minimum atomic E-state index is -0.790. The predicted octanol–water partition coefficient (Wildman–Crippen LogP) is 2.51. The van der Waals surface area contributed by atoms with Crippen LogP contribution < -0.4 is 4.74 Å². The number of carboxylic acids is 1. The van der Waals surface area contributed by atoms with Crippen LogP contribution in [-0.4, -0.2) is 31.4 Å². The molecule has 0 saturated heterocycles. The highest BCUT2D eigenvalue weighted by atomic mass is 16.5. The molecule has 0 saturated carbocycles. The Morgan fingerprint density at radius 3 is 2.95 bits per heavy atom. The standard InChI is InChI=1S/C15H20O4/c1-18-9-5-4-8-15(14(16)17)10-12-6-2-3-7-13(12)19-11-15/h2-3,6-7H,4-5,8-11H2,1H3,(H,16,17). The maximum absolute atomic E-state index is 11.6. The molecule has 0 fully saturated rings. The van der Waals surface area contributed by atoms with Crippen molar-refractivity contribution in [3.63, 3.8) is 0 Å². The first-order chi connectivity index (χ1) is 9.18. The average molecular weight is 264 g/mol. The summed E-state index contributed by atoms with van der Waals surface area (Å²) in [7, 11) is 1.66. The van der Waals surface area contributed by atoms with Crippen molar-refractivity contribution in [2.24, 2.45) is 5.41 Å². The molecule has 0 aromatic heterocycles. The Bertz CT molecular complexity index is 444. The molecule has 0 spiro atoms. The van der Waals surface area contributed by atoms with Crippen molar-refractivity contribution in [3.05, 3.63) is 29.8 Å². The Morgan fingerprint density at radius 2 is 2.21 bits per heavy atom. The third kappa shape index (κ3) is 3.07. The van der Waals surface area contributed by atoms with Crippen LogP contribution in [0, 0.1) is 5.41 Å². The molecule has 104 valence electrons. The summed E-state index contributed by atoms with van der Waals surface area (Å²) in [5.74, 6) is 0.0516. The lowest BCUT2D eigenvalue weighted by molar-refractivity contribution is -0.152. The molecular formula is C15H20O4. The first-order valence-corrected chi connectivity index (χ1v) is 6.61. The fourth-order valence-corrected chi connectivity index (χ4v) is 2.54. The fourth-order valence-electron chi connectivity index (χ4n) is 2.54. The highest BCUT2D eigenvalue weighted by Gasteiger charge is 2.42. The summed E-state index contributed by atoms with van der Waals surface area (Å²) in [6.07, 6.45) is 2.89. The van der Waals surface area contributed by atoms with E-state index in [1.807, 2.05) is 24.3 Å². The van der Waals surface area contributed by atoms with Crippen molar-refractivity contribution in [2.45, 2.75) is 25.7 Å². The summed E-state index contributed by atoms with van der Waals surface area (Å²) < 4.78 is 10.6.